The molecule has 4 aromatic rings. The van der Waals surface area contributed by atoms with Crippen LogP contribution in [0.4, 0.5) is 4.79 Å². The number of hydrogen-bond acceptors (Lipinski definition) is 2. The number of aromatic nitrogens is 1. The first kappa shape index (κ1) is 13.4. The summed E-state index contributed by atoms with van der Waals surface area (Å²) in [5.41, 5.74) is 4.67. The molecule has 1 amide bonds. The molecule has 0 fully saturated rings. The van der Waals surface area contributed by atoms with Gasteiger partial charge in [-0.1, -0.05) is 54.6 Å². The van der Waals surface area contributed by atoms with E-state index < -0.39 is 6.09 Å². The molecular weight excluding hydrogens is 288 g/mol. The van der Waals surface area contributed by atoms with Gasteiger partial charge in [0.25, 0.3) is 0 Å². The molecule has 0 radical (unpaired) electrons. The van der Waals surface area contributed by atoms with Gasteiger partial charge in [0.15, 0.2) is 0 Å². The van der Waals surface area contributed by atoms with E-state index >= 15 is 0 Å². The van der Waals surface area contributed by atoms with Gasteiger partial charge >= 0.3 is 6.09 Å². The van der Waals surface area contributed by atoms with Gasteiger partial charge in [-0.05, 0) is 24.3 Å². The van der Waals surface area contributed by atoms with Gasteiger partial charge in [0.05, 0.1) is 11.0 Å². The van der Waals surface area contributed by atoms with Crippen molar-refractivity contribution in [3.63, 3.8) is 0 Å². The second-order valence-electron chi connectivity index (χ2n) is 5.18. The van der Waals surface area contributed by atoms with E-state index in [4.69, 9.17) is 4.74 Å². The zero-order valence-corrected chi connectivity index (χ0v) is 12.3. The number of nitrogens with one attached hydrogen (secondary N) is 1. The lowest BCUT2D eigenvalue weighted by molar-refractivity contribution is 0.212. The fourth-order valence-corrected chi connectivity index (χ4v) is 2.75. The molecule has 0 aliphatic rings. The summed E-state index contributed by atoms with van der Waals surface area (Å²) in [6, 6.07) is 24.9. The Labute approximate surface area is 132 Å². The van der Waals surface area contributed by atoms with E-state index in [0.29, 0.717) is 5.75 Å². The summed E-state index contributed by atoms with van der Waals surface area (Å²) in [5, 5.41) is 2.17. The van der Waals surface area contributed by atoms with Crippen LogP contribution in [0.25, 0.3) is 21.8 Å². The van der Waals surface area contributed by atoms with Crippen LogP contribution in [0.3, 0.4) is 0 Å². The van der Waals surface area contributed by atoms with Gasteiger partial charge in [-0.15, -0.1) is 0 Å². The van der Waals surface area contributed by atoms with E-state index in [1.807, 2.05) is 66.7 Å². The van der Waals surface area contributed by atoms with Crippen molar-refractivity contribution < 1.29 is 9.53 Å². The summed E-state index contributed by atoms with van der Waals surface area (Å²) in [4.78, 5) is 12.2. The Kier molecular flexibility index (Phi) is 3.20. The molecule has 1 aromatic heterocycles. The number of carbonyl (C=O) groups excluding carboxylic acids is 1. The number of hydrogen-bond donors (Lipinski definition) is 1. The minimum atomic E-state index is -0.525. The molecule has 0 spiro atoms. The highest BCUT2D eigenvalue weighted by Crippen LogP contribution is 2.27. The first-order valence-electron chi connectivity index (χ1n) is 7.35. The van der Waals surface area contributed by atoms with Crippen molar-refractivity contribution >= 4 is 27.9 Å². The maximum Gasteiger partial charge on any atom is 0.431 e. The monoisotopic (exact) mass is 302 g/mol. The zero-order chi connectivity index (χ0) is 15.6. The number of fused-ring (bicyclic) bond motifs is 3. The van der Waals surface area contributed by atoms with Gasteiger partial charge in [-0.25, -0.2) is 14.9 Å². The maximum atomic E-state index is 12.2. The topological polar surface area (TPSA) is 43.3 Å². The van der Waals surface area contributed by atoms with Crippen LogP contribution in [-0.2, 0) is 0 Å². The van der Waals surface area contributed by atoms with Crippen LogP contribution in [0.1, 0.15) is 0 Å². The SMILES string of the molecule is O=C(Nn1c2ccccc2c2ccccc21)Oc1ccccc1. The standard InChI is InChI=1S/C19H14N2O2/c22-19(23-14-8-2-1-3-9-14)20-21-17-12-6-4-10-15(17)16-11-5-7-13-18(16)21/h1-13H,(H,20,22). The maximum absolute atomic E-state index is 12.2. The molecule has 0 aliphatic carbocycles. The largest absolute Gasteiger partial charge is 0.431 e. The Morgan fingerprint density at radius 2 is 1.26 bits per heavy atom. The molecule has 4 nitrogen and oxygen atoms in total. The summed E-state index contributed by atoms with van der Waals surface area (Å²) in [7, 11) is 0. The molecule has 0 unspecified atom stereocenters. The highest BCUT2D eigenvalue weighted by atomic mass is 16.6. The van der Waals surface area contributed by atoms with Crippen molar-refractivity contribution in [2.45, 2.75) is 0 Å². The molecule has 1 N–H and O–H groups in total. The van der Waals surface area contributed by atoms with Gasteiger partial charge in [0, 0.05) is 10.8 Å². The lowest BCUT2D eigenvalue weighted by atomic mass is 10.2. The quantitative estimate of drug-likeness (QED) is 0.591. The zero-order valence-electron chi connectivity index (χ0n) is 12.3. The van der Waals surface area contributed by atoms with E-state index in [-0.39, 0.29) is 0 Å². The predicted molar refractivity (Wildman–Crippen MR) is 91.3 cm³/mol. The predicted octanol–water partition coefficient (Wildman–Crippen LogP) is 4.54. The van der Waals surface area contributed by atoms with Crippen molar-refractivity contribution in [3.8, 4) is 5.75 Å². The van der Waals surface area contributed by atoms with Gasteiger partial charge < -0.3 is 4.74 Å². The summed E-state index contributed by atoms with van der Waals surface area (Å²) in [6.07, 6.45) is -0.525. The average molecular weight is 302 g/mol. The first-order chi connectivity index (χ1) is 11.3. The molecule has 0 saturated heterocycles. The first-order valence-corrected chi connectivity index (χ1v) is 7.35. The molecule has 23 heavy (non-hydrogen) atoms. The fraction of sp³-hybridized carbons (Fsp3) is 0. The Morgan fingerprint density at radius 3 is 1.87 bits per heavy atom. The third-order valence-electron chi connectivity index (χ3n) is 3.74. The van der Waals surface area contributed by atoms with Gasteiger partial charge in [0.2, 0.25) is 0 Å². The van der Waals surface area contributed by atoms with E-state index in [1.165, 1.54) is 0 Å². The number of carbonyl (C=O) groups is 1. The molecule has 4 heteroatoms. The van der Waals surface area contributed by atoms with E-state index in [2.05, 4.69) is 5.43 Å². The van der Waals surface area contributed by atoms with Crippen LogP contribution >= 0.6 is 0 Å². The van der Waals surface area contributed by atoms with Crippen molar-refractivity contribution in [2.75, 3.05) is 5.43 Å². The van der Waals surface area contributed by atoms with Crippen molar-refractivity contribution in [2.24, 2.45) is 0 Å². The van der Waals surface area contributed by atoms with Gasteiger partial charge in [-0.2, -0.15) is 0 Å². The highest BCUT2D eigenvalue weighted by molar-refractivity contribution is 6.09. The van der Waals surface area contributed by atoms with E-state index in [1.54, 1.807) is 16.8 Å². The Bertz CT molecular complexity index is 937. The smallest absolute Gasteiger partial charge is 0.409 e. The van der Waals surface area contributed by atoms with E-state index in [0.717, 1.165) is 21.8 Å². The Morgan fingerprint density at radius 1 is 0.739 bits per heavy atom. The normalized spacial score (nSPS) is 10.8. The van der Waals surface area contributed by atoms with Gasteiger partial charge in [-0.3, -0.25) is 0 Å². The second-order valence-corrected chi connectivity index (χ2v) is 5.18. The average Bonchev–Trinajstić information content (AvgIpc) is 2.90. The number of nitrogens with zero attached hydrogens (tertiary/aromatic N) is 1. The van der Waals surface area contributed by atoms with E-state index in [9.17, 15) is 4.79 Å². The molecule has 0 aliphatic heterocycles. The number of rotatable bonds is 2. The molecule has 0 bridgehead atoms. The van der Waals surface area contributed by atoms with Crippen LogP contribution in [0.2, 0.25) is 0 Å². The fourth-order valence-electron chi connectivity index (χ4n) is 2.75. The molecule has 3 aromatic carbocycles. The second kappa shape index (κ2) is 5.50. The Balaban J connectivity index is 1.74. The highest BCUT2D eigenvalue weighted by Gasteiger charge is 2.12. The molecule has 4 rings (SSSR count). The van der Waals surface area contributed by atoms with Crippen molar-refractivity contribution in [1.82, 2.24) is 4.68 Å². The summed E-state index contributed by atoms with van der Waals surface area (Å²) in [6.45, 7) is 0. The molecule has 0 atom stereocenters. The van der Waals surface area contributed by atoms with Crippen LogP contribution in [0, 0.1) is 0 Å². The van der Waals surface area contributed by atoms with Gasteiger partial charge in [0.1, 0.15) is 5.75 Å². The minimum Gasteiger partial charge on any atom is -0.409 e. The number of amides is 1. The minimum absolute atomic E-state index is 0.505. The molecular formula is C19H14N2O2. The lowest BCUT2D eigenvalue weighted by Gasteiger charge is -2.10. The number of benzene rings is 3. The van der Waals surface area contributed by atoms with Crippen LogP contribution in [-0.4, -0.2) is 10.8 Å². The van der Waals surface area contributed by atoms with Crippen LogP contribution in [0.15, 0.2) is 78.9 Å². The molecule has 1 heterocycles. The third-order valence-corrected chi connectivity index (χ3v) is 3.74. The molecule has 112 valence electrons. The summed E-state index contributed by atoms with van der Waals surface area (Å²) in [5.74, 6) is 0.505. The van der Waals surface area contributed by atoms with Crippen molar-refractivity contribution in [1.29, 1.82) is 0 Å². The Hall–Kier alpha value is -3.27. The third kappa shape index (κ3) is 2.40. The summed E-state index contributed by atoms with van der Waals surface area (Å²) < 4.78 is 7.07. The summed E-state index contributed by atoms with van der Waals surface area (Å²) >= 11 is 0. The number of para-hydroxylation sites is 3. The number of ether oxygens (including phenoxy) is 1. The lowest BCUT2D eigenvalue weighted by Crippen LogP contribution is -2.25. The van der Waals surface area contributed by atoms with Crippen LogP contribution < -0.4 is 10.2 Å². The van der Waals surface area contributed by atoms with Crippen LogP contribution in [0.5, 0.6) is 5.75 Å². The van der Waals surface area contributed by atoms with Crippen molar-refractivity contribution in [3.05, 3.63) is 78.9 Å². The molecule has 0 saturated carbocycles.